The highest BCUT2D eigenvalue weighted by Crippen LogP contribution is 2.21. The van der Waals surface area contributed by atoms with Crippen molar-refractivity contribution in [2.24, 2.45) is 0 Å². The van der Waals surface area contributed by atoms with E-state index in [0.29, 0.717) is 24.5 Å². The predicted octanol–water partition coefficient (Wildman–Crippen LogP) is 0.577. The molecule has 16 heavy (non-hydrogen) atoms. The molecule has 1 aliphatic rings. The van der Waals surface area contributed by atoms with Crippen LogP contribution in [0.1, 0.15) is 17.8 Å². The van der Waals surface area contributed by atoms with Crippen LogP contribution in [0.5, 0.6) is 5.75 Å². The fraction of sp³-hybridized carbons (Fsp3) is 0.455. The zero-order valence-electron chi connectivity index (χ0n) is 8.97. The van der Waals surface area contributed by atoms with Gasteiger partial charge in [0.15, 0.2) is 6.10 Å². The Morgan fingerprint density at radius 3 is 3.06 bits per heavy atom. The summed E-state index contributed by atoms with van der Waals surface area (Å²) >= 11 is 0. The van der Waals surface area contributed by atoms with E-state index in [1.165, 1.54) is 0 Å². The molecule has 5 heteroatoms. The second-order valence-corrected chi connectivity index (χ2v) is 3.62. The molecule has 1 unspecified atom stereocenters. The average molecular weight is 223 g/mol. The first kappa shape index (κ1) is 10.9. The maximum Gasteiger partial charge on any atom is 0.347 e. The molecule has 0 saturated carbocycles. The summed E-state index contributed by atoms with van der Waals surface area (Å²) < 4.78 is 10.3. The van der Waals surface area contributed by atoms with E-state index in [2.05, 4.69) is 4.98 Å². The van der Waals surface area contributed by atoms with Crippen molar-refractivity contribution in [1.29, 1.82) is 0 Å². The molecule has 2 heterocycles. The summed E-state index contributed by atoms with van der Waals surface area (Å²) in [6.45, 7) is 2.00. The number of aromatic nitrogens is 1. The van der Waals surface area contributed by atoms with E-state index in [9.17, 15) is 4.79 Å². The number of hydrogen-bond acceptors (Lipinski definition) is 5. The number of aliphatic hydroxyl groups is 1. The third kappa shape index (κ3) is 2.14. The van der Waals surface area contributed by atoms with Crippen molar-refractivity contribution >= 4 is 5.97 Å². The molecule has 5 nitrogen and oxygen atoms in total. The molecule has 1 aliphatic heterocycles. The molecule has 1 aromatic heterocycles. The summed E-state index contributed by atoms with van der Waals surface area (Å²) in [5, 5.41) is 9.12. The number of nitrogens with zero attached hydrogens (tertiary/aromatic N) is 1. The van der Waals surface area contributed by atoms with Crippen LogP contribution in [0.3, 0.4) is 0 Å². The van der Waals surface area contributed by atoms with Gasteiger partial charge in [-0.15, -0.1) is 0 Å². The van der Waals surface area contributed by atoms with Crippen LogP contribution in [-0.2, 0) is 16.1 Å². The van der Waals surface area contributed by atoms with E-state index in [4.69, 9.17) is 14.6 Å². The lowest BCUT2D eigenvalue weighted by molar-refractivity contribution is -0.143. The van der Waals surface area contributed by atoms with Gasteiger partial charge in [0.1, 0.15) is 11.4 Å². The Bertz CT molecular complexity index is 405. The summed E-state index contributed by atoms with van der Waals surface area (Å²) in [4.78, 5) is 15.3. The van der Waals surface area contributed by atoms with Crippen LogP contribution in [-0.4, -0.2) is 28.8 Å². The number of ether oxygens (including phenoxy) is 2. The lowest BCUT2D eigenvalue weighted by atomic mass is 10.2. The van der Waals surface area contributed by atoms with E-state index in [1.54, 1.807) is 12.1 Å². The Morgan fingerprint density at radius 1 is 1.62 bits per heavy atom. The monoisotopic (exact) mass is 223 g/mol. The first-order valence-electron chi connectivity index (χ1n) is 5.11. The van der Waals surface area contributed by atoms with Crippen LogP contribution in [0.4, 0.5) is 0 Å². The van der Waals surface area contributed by atoms with Gasteiger partial charge in [-0.3, -0.25) is 4.98 Å². The first-order valence-corrected chi connectivity index (χ1v) is 5.11. The van der Waals surface area contributed by atoms with Crippen molar-refractivity contribution in [1.82, 2.24) is 4.98 Å². The van der Waals surface area contributed by atoms with Crippen molar-refractivity contribution < 1.29 is 19.4 Å². The smallest absolute Gasteiger partial charge is 0.347 e. The molecule has 0 aliphatic carbocycles. The molecular formula is C11H13NO4. The maximum atomic E-state index is 11.2. The van der Waals surface area contributed by atoms with Crippen LogP contribution in [0.25, 0.3) is 0 Å². The number of aliphatic hydroxyl groups excluding tert-OH is 1. The number of esters is 1. The first-order chi connectivity index (χ1) is 7.70. The van der Waals surface area contributed by atoms with Gasteiger partial charge < -0.3 is 14.6 Å². The third-order valence-electron chi connectivity index (χ3n) is 2.38. The number of carbonyl (C=O) groups is 1. The summed E-state index contributed by atoms with van der Waals surface area (Å²) in [6.07, 6.45) is -0.0350. The Hall–Kier alpha value is -1.62. The Balaban J connectivity index is 2.17. The van der Waals surface area contributed by atoms with Gasteiger partial charge in [0, 0.05) is 12.1 Å². The fourth-order valence-electron chi connectivity index (χ4n) is 1.56. The number of carbonyl (C=O) groups excluding carboxylic acids is 1. The standard InChI is InChI=1S/C11H13NO4/c1-7-2-3-9(8(6-13)12-7)16-10-4-5-15-11(10)14/h2-3,10,13H,4-6H2,1H3. The quantitative estimate of drug-likeness (QED) is 0.759. The Labute approximate surface area is 93.0 Å². The van der Waals surface area contributed by atoms with E-state index in [-0.39, 0.29) is 12.6 Å². The normalized spacial score (nSPS) is 19.6. The molecule has 0 bridgehead atoms. The minimum absolute atomic E-state index is 0.210. The molecule has 1 fully saturated rings. The second kappa shape index (κ2) is 4.49. The van der Waals surface area contributed by atoms with E-state index < -0.39 is 6.10 Å². The van der Waals surface area contributed by atoms with Crippen LogP contribution < -0.4 is 4.74 Å². The van der Waals surface area contributed by atoms with E-state index in [1.807, 2.05) is 6.92 Å². The number of aryl methyl sites for hydroxylation is 1. The Morgan fingerprint density at radius 2 is 2.44 bits per heavy atom. The van der Waals surface area contributed by atoms with E-state index >= 15 is 0 Å². The zero-order chi connectivity index (χ0) is 11.5. The Kier molecular flexibility index (Phi) is 3.05. The van der Waals surface area contributed by atoms with Gasteiger partial charge in [-0.2, -0.15) is 0 Å². The van der Waals surface area contributed by atoms with Crippen molar-refractivity contribution in [3.05, 3.63) is 23.5 Å². The summed E-state index contributed by atoms with van der Waals surface area (Å²) in [5.41, 5.74) is 1.24. The van der Waals surface area contributed by atoms with Gasteiger partial charge in [0.2, 0.25) is 0 Å². The van der Waals surface area contributed by atoms with Crippen molar-refractivity contribution in [3.8, 4) is 5.75 Å². The highest BCUT2D eigenvalue weighted by Gasteiger charge is 2.29. The summed E-state index contributed by atoms with van der Waals surface area (Å²) in [6, 6.07) is 3.48. The van der Waals surface area contributed by atoms with Gasteiger partial charge in [-0.25, -0.2) is 4.79 Å². The zero-order valence-corrected chi connectivity index (χ0v) is 8.97. The van der Waals surface area contributed by atoms with E-state index in [0.717, 1.165) is 5.69 Å². The summed E-state index contributed by atoms with van der Waals surface area (Å²) in [5.74, 6) is 0.0846. The van der Waals surface area contributed by atoms with Crippen LogP contribution in [0.15, 0.2) is 12.1 Å². The van der Waals surface area contributed by atoms with Gasteiger partial charge in [-0.05, 0) is 19.1 Å². The fourth-order valence-corrected chi connectivity index (χ4v) is 1.56. The SMILES string of the molecule is Cc1ccc(OC2CCOC2=O)c(CO)n1. The van der Waals surface area contributed by atoms with Crippen LogP contribution >= 0.6 is 0 Å². The molecule has 1 saturated heterocycles. The van der Waals surface area contributed by atoms with Gasteiger partial charge in [-0.1, -0.05) is 0 Å². The second-order valence-electron chi connectivity index (χ2n) is 3.62. The molecule has 0 spiro atoms. The molecule has 0 amide bonds. The number of cyclic esters (lactones) is 1. The van der Waals surface area contributed by atoms with Crippen molar-refractivity contribution in [3.63, 3.8) is 0 Å². The molecule has 1 aromatic rings. The lowest BCUT2D eigenvalue weighted by Crippen LogP contribution is -2.22. The number of rotatable bonds is 3. The molecular weight excluding hydrogens is 210 g/mol. The topological polar surface area (TPSA) is 68.7 Å². The minimum atomic E-state index is -0.574. The lowest BCUT2D eigenvalue weighted by Gasteiger charge is -2.12. The van der Waals surface area contributed by atoms with Crippen molar-refractivity contribution in [2.75, 3.05) is 6.61 Å². The number of hydrogen-bond donors (Lipinski definition) is 1. The minimum Gasteiger partial charge on any atom is -0.477 e. The third-order valence-corrected chi connectivity index (χ3v) is 2.38. The molecule has 0 radical (unpaired) electrons. The van der Waals surface area contributed by atoms with Gasteiger partial charge in [0.25, 0.3) is 0 Å². The van der Waals surface area contributed by atoms with Gasteiger partial charge >= 0.3 is 5.97 Å². The van der Waals surface area contributed by atoms with Crippen LogP contribution in [0.2, 0.25) is 0 Å². The molecule has 1 atom stereocenters. The molecule has 2 rings (SSSR count). The number of pyridine rings is 1. The van der Waals surface area contributed by atoms with Crippen molar-refractivity contribution in [2.45, 2.75) is 26.1 Å². The van der Waals surface area contributed by atoms with Crippen LogP contribution in [0, 0.1) is 6.92 Å². The predicted molar refractivity (Wildman–Crippen MR) is 54.9 cm³/mol. The molecule has 0 aromatic carbocycles. The average Bonchev–Trinajstić information content (AvgIpc) is 2.67. The largest absolute Gasteiger partial charge is 0.477 e. The molecule has 1 N–H and O–H groups in total. The molecule has 86 valence electrons. The summed E-state index contributed by atoms with van der Waals surface area (Å²) in [7, 11) is 0. The van der Waals surface area contributed by atoms with Gasteiger partial charge in [0.05, 0.1) is 13.2 Å². The maximum absolute atomic E-state index is 11.2. The highest BCUT2D eigenvalue weighted by molar-refractivity contribution is 5.76. The highest BCUT2D eigenvalue weighted by atomic mass is 16.6.